The van der Waals surface area contributed by atoms with Crippen molar-refractivity contribution in [3.63, 3.8) is 0 Å². The van der Waals surface area contributed by atoms with Gasteiger partial charge in [-0.2, -0.15) is 0 Å². The maximum Gasteiger partial charge on any atom is 0.271 e. The van der Waals surface area contributed by atoms with E-state index in [0.717, 1.165) is 22.3 Å². The lowest BCUT2D eigenvalue weighted by molar-refractivity contribution is -0.384. The van der Waals surface area contributed by atoms with E-state index >= 15 is 0 Å². The van der Waals surface area contributed by atoms with E-state index in [-0.39, 0.29) is 5.69 Å². The van der Waals surface area contributed by atoms with Crippen LogP contribution in [0.15, 0.2) is 54.7 Å². The van der Waals surface area contributed by atoms with Gasteiger partial charge in [0.2, 0.25) is 0 Å². The zero-order chi connectivity index (χ0) is 16.2. The molecule has 0 bridgehead atoms. The standard InChI is InChI=1S/C17H15N3O3/c1-2-23-14-6-7-15-16(8-9-18-17(15)11-14)19-12-4-3-5-13(10-12)20(21)22/h3-11H,2H2,1H3,(H,18,19). The Hall–Kier alpha value is -3.15. The van der Waals surface area contributed by atoms with Crippen LogP contribution in [-0.2, 0) is 0 Å². The van der Waals surface area contributed by atoms with E-state index in [4.69, 9.17) is 4.74 Å². The molecule has 1 heterocycles. The van der Waals surface area contributed by atoms with Crippen molar-refractivity contribution in [3.05, 3.63) is 64.8 Å². The number of pyridine rings is 1. The summed E-state index contributed by atoms with van der Waals surface area (Å²) >= 11 is 0. The normalized spacial score (nSPS) is 10.5. The molecule has 3 aromatic rings. The fraction of sp³-hybridized carbons (Fsp3) is 0.118. The molecule has 0 atom stereocenters. The lowest BCUT2D eigenvalue weighted by Crippen LogP contribution is -1.95. The Morgan fingerprint density at radius 3 is 2.87 bits per heavy atom. The number of non-ortho nitro benzene ring substituents is 1. The van der Waals surface area contributed by atoms with Crippen LogP contribution in [0.4, 0.5) is 17.1 Å². The fourth-order valence-corrected chi connectivity index (χ4v) is 2.35. The summed E-state index contributed by atoms with van der Waals surface area (Å²) in [4.78, 5) is 14.8. The second kappa shape index (κ2) is 6.31. The maximum absolute atomic E-state index is 10.9. The van der Waals surface area contributed by atoms with E-state index in [2.05, 4.69) is 10.3 Å². The zero-order valence-corrected chi connectivity index (χ0v) is 12.5. The summed E-state index contributed by atoms with van der Waals surface area (Å²) in [6.07, 6.45) is 1.69. The minimum atomic E-state index is -0.412. The number of nitrogens with one attached hydrogen (secondary N) is 1. The summed E-state index contributed by atoms with van der Waals surface area (Å²) in [5.41, 5.74) is 2.33. The fourth-order valence-electron chi connectivity index (χ4n) is 2.35. The predicted octanol–water partition coefficient (Wildman–Crippen LogP) is 4.29. The third kappa shape index (κ3) is 3.21. The van der Waals surface area contributed by atoms with Gasteiger partial charge in [0, 0.05) is 41.2 Å². The lowest BCUT2D eigenvalue weighted by Gasteiger charge is -2.10. The Morgan fingerprint density at radius 2 is 2.09 bits per heavy atom. The van der Waals surface area contributed by atoms with E-state index < -0.39 is 4.92 Å². The minimum absolute atomic E-state index is 0.0481. The zero-order valence-electron chi connectivity index (χ0n) is 12.5. The van der Waals surface area contributed by atoms with Crippen molar-refractivity contribution >= 4 is 28.0 Å². The van der Waals surface area contributed by atoms with Gasteiger partial charge in [-0.1, -0.05) is 6.07 Å². The van der Waals surface area contributed by atoms with Crippen LogP contribution in [0.2, 0.25) is 0 Å². The molecule has 2 aromatic carbocycles. The number of anilines is 2. The highest BCUT2D eigenvalue weighted by Gasteiger charge is 2.08. The van der Waals surface area contributed by atoms with Crippen LogP contribution in [0.5, 0.6) is 5.75 Å². The highest BCUT2D eigenvalue weighted by atomic mass is 16.6. The van der Waals surface area contributed by atoms with Crippen LogP contribution in [0.3, 0.4) is 0 Å². The van der Waals surface area contributed by atoms with Crippen molar-refractivity contribution < 1.29 is 9.66 Å². The Morgan fingerprint density at radius 1 is 1.22 bits per heavy atom. The van der Waals surface area contributed by atoms with E-state index in [1.54, 1.807) is 18.3 Å². The summed E-state index contributed by atoms with van der Waals surface area (Å²) in [6, 6.07) is 13.9. The van der Waals surface area contributed by atoms with Gasteiger partial charge in [-0.15, -0.1) is 0 Å². The Bertz CT molecular complexity index is 865. The molecule has 0 aliphatic carbocycles. The van der Waals surface area contributed by atoms with Crippen molar-refractivity contribution in [2.45, 2.75) is 6.92 Å². The maximum atomic E-state index is 10.9. The van der Waals surface area contributed by atoms with Crippen LogP contribution in [0.25, 0.3) is 10.9 Å². The average molecular weight is 309 g/mol. The molecule has 1 aromatic heterocycles. The number of nitro benzene ring substituents is 1. The molecule has 0 spiro atoms. The summed E-state index contributed by atoms with van der Waals surface area (Å²) < 4.78 is 5.48. The molecular weight excluding hydrogens is 294 g/mol. The number of rotatable bonds is 5. The highest BCUT2D eigenvalue weighted by Crippen LogP contribution is 2.29. The Kier molecular flexibility index (Phi) is 4.05. The second-order valence-corrected chi connectivity index (χ2v) is 4.90. The summed E-state index contributed by atoms with van der Waals surface area (Å²) in [6.45, 7) is 2.52. The molecule has 3 rings (SSSR count). The average Bonchev–Trinajstić information content (AvgIpc) is 2.55. The predicted molar refractivity (Wildman–Crippen MR) is 89.3 cm³/mol. The number of ether oxygens (including phenoxy) is 1. The van der Waals surface area contributed by atoms with Gasteiger partial charge in [0.05, 0.1) is 17.0 Å². The molecule has 0 saturated carbocycles. The minimum Gasteiger partial charge on any atom is -0.494 e. The van der Waals surface area contributed by atoms with Crippen LogP contribution < -0.4 is 10.1 Å². The van der Waals surface area contributed by atoms with Crippen LogP contribution in [0, 0.1) is 10.1 Å². The van der Waals surface area contributed by atoms with E-state index in [1.807, 2.05) is 31.2 Å². The highest BCUT2D eigenvalue weighted by molar-refractivity contribution is 5.93. The van der Waals surface area contributed by atoms with Gasteiger partial charge in [0.15, 0.2) is 0 Å². The number of nitro groups is 1. The van der Waals surface area contributed by atoms with Gasteiger partial charge in [-0.05, 0) is 31.2 Å². The summed E-state index contributed by atoms with van der Waals surface area (Å²) in [7, 11) is 0. The Balaban J connectivity index is 1.97. The lowest BCUT2D eigenvalue weighted by atomic mass is 10.1. The van der Waals surface area contributed by atoms with Crippen molar-refractivity contribution in [2.75, 3.05) is 11.9 Å². The van der Waals surface area contributed by atoms with E-state index in [1.165, 1.54) is 12.1 Å². The molecule has 6 nitrogen and oxygen atoms in total. The molecule has 0 aliphatic rings. The first-order chi connectivity index (χ1) is 11.2. The van der Waals surface area contributed by atoms with Crippen molar-refractivity contribution in [1.82, 2.24) is 4.98 Å². The molecule has 0 fully saturated rings. The van der Waals surface area contributed by atoms with Gasteiger partial charge < -0.3 is 10.1 Å². The van der Waals surface area contributed by atoms with Gasteiger partial charge in [0.1, 0.15) is 5.75 Å². The third-order valence-electron chi connectivity index (χ3n) is 3.36. The van der Waals surface area contributed by atoms with E-state index in [0.29, 0.717) is 12.3 Å². The SMILES string of the molecule is CCOc1ccc2c(Nc3cccc([N+](=O)[O-])c3)ccnc2c1. The van der Waals surface area contributed by atoms with Crippen LogP contribution >= 0.6 is 0 Å². The topological polar surface area (TPSA) is 77.3 Å². The molecule has 0 unspecified atom stereocenters. The van der Waals surface area contributed by atoms with E-state index in [9.17, 15) is 10.1 Å². The second-order valence-electron chi connectivity index (χ2n) is 4.90. The van der Waals surface area contributed by atoms with Crippen molar-refractivity contribution in [3.8, 4) is 5.75 Å². The third-order valence-corrected chi connectivity index (χ3v) is 3.36. The molecule has 0 amide bonds. The van der Waals surface area contributed by atoms with Gasteiger partial charge in [-0.25, -0.2) is 0 Å². The van der Waals surface area contributed by atoms with Gasteiger partial charge in [-0.3, -0.25) is 15.1 Å². The number of nitrogens with zero attached hydrogens (tertiary/aromatic N) is 2. The molecule has 0 aliphatic heterocycles. The number of aromatic nitrogens is 1. The smallest absolute Gasteiger partial charge is 0.271 e. The molecule has 0 saturated heterocycles. The molecular formula is C17H15N3O3. The van der Waals surface area contributed by atoms with Crippen molar-refractivity contribution in [2.24, 2.45) is 0 Å². The molecule has 0 radical (unpaired) electrons. The number of hydrogen-bond donors (Lipinski definition) is 1. The quantitative estimate of drug-likeness (QED) is 0.562. The number of fused-ring (bicyclic) bond motifs is 1. The monoisotopic (exact) mass is 309 g/mol. The molecule has 116 valence electrons. The number of benzene rings is 2. The molecule has 6 heteroatoms. The molecule has 23 heavy (non-hydrogen) atoms. The van der Waals surface area contributed by atoms with Crippen molar-refractivity contribution in [1.29, 1.82) is 0 Å². The van der Waals surface area contributed by atoms with Crippen LogP contribution in [-0.4, -0.2) is 16.5 Å². The molecule has 1 N–H and O–H groups in total. The first kappa shape index (κ1) is 14.8. The Labute approximate surface area is 132 Å². The summed E-state index contributed by atoms with van der Waals surface area (Å²) in [5.74, 6) is 0.764. The first-order valence-electron chi connectivity index (χ1n) is 7.20. The first-order valence-corrected chi connectivity index (χ1v) is 7.20. The van der Waals surface area contributed by atoms with Gasteiger partial charge in [0.25, 0.3) is 5.69 Å². The summed E-state index contributed by atoms with van der Waals surface area (Å²) in [5, 5.41) is 15.0. The number of hydrogen-bond acceptors (Lipinski definition) is 5. The van der Waals surface area contributed by atoms with Gasteiger partial charge >= 0.3 is 0 Å². The van der Waals surface area contributed by atoms with Crippen LogP contribution in [0.1, 0.15) is 6.92 Å². The largest absolute Gasteiger partial charge is 0.494 e.